The lowest BCUT2D eigenvalue weighted by atomic mass is 10.0. The minimum Gasteiger partial charge on any atom is -0.507 e. The Balaban J connectivity index is 0.000000178. The highest BCUT2D eigenvalue weighted by atomic mass is 16.3. The Labute approximate surface area is 258 Å². The molecule has 6 rings (SSSR count). The van der Waals surface area contributed by atoms with Crippen LogP contribution in [0.4, 0.5) is 0 Å². The number of aryl methyl sites for hydroxylation is 1. The number of carbonyl (C=O) groups excluding carboxylic acids is 2. The van der Waals surface area contributed by atoms with Crippen molar-refractivity contribution in [1.29, 1.82) is 0 Å². The van der Waals surface area contributed by atoms with E-state index in [1.807, 2.05) is 61.7 Å². The van der Waals surface area contributed by atoms with Crippen LogP contribution in [0, 0.1) is 6.92 Å². The van der Waals surface area contributed by atoms with E-state index in [9.17, 15) is 24.9 Å². The van der Waals surface area contributed by atoms with Crippen molar-refractivity contribution in [3.05, 3.63) is 137 Å². The molecule has 1 aromatic heterocycles. The first-order valence-electron chi connectivity index (χ1n) is 13.8. The molecule has 10 nitrogen and oxygen atoms in total. The Hall–Kier alpha value is -6.42. The Morgan fingerprint density at radius 2 is 1.22 bits per heavy atom. The third-order valence-electron chi connectivity index (χ3n) is 6.93. The van der Waals surface area contributed by atoms with Gasteiger partial charge in [-0.3, -0.25) is 9.59 Å². The van der Waals surface area contributed by atoms with Crippen molar-refractivity contribution in [2.24, 2.45) is 10.2 Å². The van der Waals surface area contributed by atoms with Gasteiger partial charge in [-0.25, -0.2) is 10.9 Å². The number of nitrogens with zero attached hydrogens (tertiary/aromatic N) is 2. The average Bonchev–Trinajstić information content (AvgIpc) is 3.47. The van der Waals surface area contributed by atoms with E-state index in [-0.39, 0.29) is 28.4 Å². The van der Waals surface area contributed by atoms with Crippen LogP contribution >= 0.6 is 0 Å². The van der Waals surface area contributed by atoms with Gasteiger partial charge in [0.15, 0.2) is 0 Å². The van der Waals surface area contributed by atoms with Gasteiger partial charge in [0.2, 0.25) is 0 Å². The molecule has 1 heterocycles. The second kappa shape index (κ2) is 13.7. The van der Waals surface area contributed by atoms with Gasteiger partial charge in [-0.2, -0.15) is 10.2 Å². The number of phenolic OH excluding ortho intramolecular Hbond substituents is 3. The number of rotatable bonds is 6. The second-order valence-electron chi connectivity index (χ2n) is 9.89. The van der Waals surface area contributed by atoms with Gasteiger partial charge in [-0.05, 0) is 53.6 Å². The van der Waals surface area contributed by atoms with Crippen molar-refractivity contribution in [3.63, 3.8) is 0 Å². The molecule has 0 spiro atoms. The fourth-order valence-electron chi connectivity index (χ4n) is 4.62. The number of amides is 2. The van der Waals surface area contributed by atoms with E-state index in [4.69, 9.17) is 0 Å². The molecule has 10 heteroatoms. The highest BCUT2D eigenvalue weighted by Crippen LogP contribution is 2.25. The summed E-state index contributed by atoms with van der Waals surface area (Å²) in [6.45, 7) is 2.03. The van der Waals surface area contributed by atoms with Gasteiger partial charge in [0.25, 0.3) is 11.8 Å². The average molecular weight is 600 g/mol. The molecule has 0 bridgehead atoms. The van der Waals surface area contributed by atoms with Gasteiger partial charge in [-0.15, -0.1) is 0 Å². The molecular weight excluding hydrogens is 570 g/mol. The molecule has 5 aromatic carbocycles. The largest absolute Gasteiger partial charge is 0.507 e. The molecule has 0 fully saturated rings. The predicted molar refractivity (Wildman–Crippen MR) is 175 cm³/mol. The van der Waals surface area contributed by atoms with E-state index < -0.39 is 11.8 Å². The van der Waals surface area contributed by atoms with Crippen LogP contribution in [0.2, 0.25) is 0 Å². The van der Waals surface area contributed by atoms with Crippen LogP contribution in [-0.4, -0.2) is 44.5 Å². The first-order chi connectivity index (χ1) is 21.8. The monoisotopic (exact) mass is 599 g/mol. The first-order valence-corrected chi connectivity index (χ1v) is 13.8. The number of phenols is 3. The quantitative estimate of drug-likeness (QED) is 0.103. The summed E-state index contributed by atoms with van der Waals surface area (Å²) in [6, 6.07) is 29.5. The number of para-hydroxylation sites is 3. The summed E-state index contributed by atoms with van der Waals surface area (Å²) in [4.78, 5) is 27.1. The van der Waals surface area contributed by atoms with Crippen molar-refractivity contribution in [2.45, 2.75) is 6.92 Å². The fourth-order valence-corrected chi connectivity index (χ4v) is 4.62. The third-order valence-corrected chi connectivity index (χ3v) is 6.93. The third kappa shape index (κ3) is 6.98. The molecule has 0 aliphatic carbocycles. The number of aromatic hydroxyl groups is 3. The van der Waals surface area contributed by atoms with Crippen molar-refractivity contribution < 1.29 is 24.9 Å². The second-order valence-corrected chi connectivity index (χ2v) is 9.89. The number of H-pyrrole nitrogens is 1. The molecule has 6 aromatic rings. The van der Waals surface area contributed by atoms with Gasteiger partial charge in [0.05, 0.1) is 23.6 Å². The lowest BCUT2D eigenvalue weighted by molar-refractivity contribution is 0.0944. The van der Waals surface area contributed by atoms with Gasteiger partial charge in [0, 0.05) is 28.2 Å². The maximum Gasteiger partial charge on any atom is 0.275 e. The van der Waals surface area contributed by atoms with Crippen molar-refractivity contribution in [2.75, 3.05) is 0 Å². The Kier molecular flexibility index (Phi) is 9.15. The van der Waals surface area contributed by atoms with Crippen molar-refractivity contribution in [3.8, 4) is 17.2 Å². The van der Waals surface area contributed by atoms with E-state index in [2.05, 4.69) is 26.0 Å². The van der Waals surface area contributed by atoms with E-state index in [1.54, 1.807) is 36.5 Å². The molecule has 0 saturated carbocycles. The smallest absolute Gasteiger partial charge is 0.275 e. The molecule has 6 N–H and O–H groups in total. The SMILES string of the molecule is Cc1cccc2c(/C=N/NC(=O)c3ccccc3O)c[nH]c12.O=C(N/N=C/c1c(O)ccc2ccccc12)c1ccccc1O. The van der Waals surface area contributed by atoms with Crippen LogP contribution in [0.1, 0.15) is 37.4 Å². The fraction of sp³-hybridized carbons (Fsp3) is 0.0286. The molecule has 0 radical (unpaired) electrons. The number of aromatic amines is 1. The molecule has 0 aliphatic heterocycles. The maximum absolute atomic E-state index is 12.0. The molecule has 45 heavy (non-hydrogen) atoms. The Morgan fingerprint density at radius 1 is 0.644 bits per heavy atom. The molecule has 2 amide bonds. The van der Waals surface area contributed by atoms with Gasteiger partial charge in [-0.1, -0.05) is 72.8 Å². The number of hydrazone groups is 2. The summed E-state index contributed by atoms with van der Waals surface area (Å²) in [5, 5.41) is 39.9. The van der Waals surface area contributed by atoms with Crippen LogP contribution < -0.4 is 10.9 Å². The normalized spacial score (nSPS) is 11.0. The minimum absolute atomic E-state index is 0.0714. The van der Waals surface area contributed by atoms with E-state index >= 15 is 0 Å². The number of hydrogen-bond donors (Lipinski definition) is 6. The Morgan fingerprint density at radius 3 is 1.89 bits per heavy atom. The lowest BCUT2D eigenvalue weighted by Gasteiger charge is -2.05. The zero-order valence-corrected chi connectivity index (χ0v) is 24.1. The molecule has 0 atom stereocenters. The summed E-state index contributed by atoms with van der Waals surface area (Å²) in [5.41, 5.74) is 8.67. The van der Waals surface area contributed by atoms with Crippen LogP contribution in [0.5, 0.6) is 17.2 Å². The number of fused-ring (bicyclic) bond motifs is 2. The van der Waals surface area contributed by atoms with Gasteiger partial charge >= 0.3 is 0 Å². The summed E-state index contributed by atoms with van der Waals surface area (Å²) < 4.78 is 0. The maximum atomic E-state index is 12.0. The van der Waals surface area contributed by atoms with Gasteiger partial charge in [0.1, 0.15) is 17.2 Å². The zero-order valence-electron chi connectivity index (χ0n) is 24.1. The topological polar surface area (TPSA) is 159 Å². The first kappa shape index (κ1) is 30.1. The highest BCUT2D eigenvalue weighted by molar-refractivity contribution is 6.04. The zero-order chi connectivity index (χ0) is 31.8. The Bertz CT molecular complexity index is 2070. The van der Waals surface area contributed by atoms with E-state index in [1.165, 1.54) is 30.5 Å². The van der Waals surface area contributed by atoms with Gasteiger partial charge < -0.3 is 20.3 Å². The number of nitrogens with one attached hydrogen (secondary N) is 3. The molecule has 0 aliphatic rings. The minimum atomic E-state index is -0.529. The highest BCUT2D eigenvalue weighted by Gasteiger charge is 2.10. The number of benzene rings is 5. The molecule has 224 valence electrons. The summed E-state index contributed by atoms with van der Waals surface area (Å²) in [7, 11) is 0. The molecular formula is C35H29N5O5. The summed E-state index contributed by atoms with van der Waals surface area (Å²) >= 11 is 0. The van der Waals surface area contributed by atoms with Crippen LogP contribution in [0.15, 0.2) is 120 Å². The predicted octanol–water partition coefficient (Wildman–Crippen LogP) is 5.96. The standard InChI is InChI=1S/C18H14N2O3.C17H15N3O2/c21-16-8-4-3-7-14(16)18(23)20-19-11-15-13-6-2-1-5-12(13)9-10-17(15)22;1-11-5-4-7-13-12(9-18-16(11)13)10-19-20-17(22)14-6-2-3-8-15(14)21/h1-11,21-22H,(H,20,23);2-10,18,21H,1H3,(H,20,22)/b19-11+;19-10+. The summed E-state index contributed by atoms with van der Waals surface area (Å²) in [6.07, 6.45) is 4.80. The number of hydrogen-bond acceptors (Lipinski definition) is 7. The van der Waals surface area contributed by atoms with E-state index in [0.717, 1.165) is 32.8 Å². The number of carbonyl (C=O) groups is 2. The molecule has 0 saturated heterocycles. The lowest BCUT2D eigenvalue weighted by Crippen LogP contribution is -2.17. The summed E-state index contributed by atoms with van der Waals surface area (Å²) in [5.74, 6) is -1.10. The van der Waals surface area contributed by atoms with Crippen LogP contribution in [0.25, 0.3) is 21.7 Å². The van der Waals surface area contributed by atoms with Crippen molar-refractivity contribution in [1.82, 2.24) is 15.8 Å². The van der Waals surface area contributed by atoms with E-state index in [0.29, 0.717) is 5.56 Å². The van der Waals surface area contributed by atoms with Crippen molar-refractivity contribution >= 4 is 45.9 Å². The van der Waals surface area contributed by atoms with Crippen LogP contribution in [0.3, 0.4) is 0 Å². The number of aromatic nitrogens is 1. The molecule has 0 unspecified atom stereocenters. The van der Waals surface area contributed by atoms with Crippen LogP contribution in [-0.2, 0) is 0 Å².